The zero-order valence-corrected chi connectivity index (χ0v) is 12.4. The van der Waals surface area contributed by atoms with Crippen LogP contribution in [0.4, 0.5) is 10.1 Å². The highest BCUT2D eigenvalue weighted by atomic mass is 19.1. The third-order valence-corrected chi connectivity index (χ3v) is 3.57. The maximum Gasteiger partial charge on any atom is 0.341 e. The van der Waals surface area contributed by atoms with Crippen LogP contribution in [0.2, 0.25) is 0 Å². The maximum absolute atomic E-state index is 13.9. The molecular formula is C15H21FN2O3. The first-order chi connectivity index (χ1) is 10.0. The molecule has 1 aliphatic heterocycles. The summed E-state index contributed by atoms with van der Waals surface area (Å²) in [5.41, 5.74) is 6.17. The van der Waals surface area contributed by atoms with Crippen LogP contribution in [0, 0.1) is 12.7 Å². The van der Waals surface area contributed by atoms with E-state index in [4.69, 9.17) is 15.2 Å². The SMILES string of the molecule is CCN1CCOC(COC(=O)c2cc(N)cc(C)c2F)C1. The zero-order chi connectivity index (χ0) is 15.4. The van der Waals surface area contributed by atoms with Crippen molar-refractivity contribution in [1.29, 1.82) is 0 Å². The summed E-state index contributed by atoms with van der Waals surface area (Å²) in [7, 11) is 0. The Morgan fingerprint density at radius 3 is 3.05 bits per heavy atom. The Bertz CT molecular complexity index is 522. The number of benzene rings is 1. The van der Waals surface area contributed by atoms with Gasteiger partial charge in [-0.25, -0.2) is 9.18 Å². The molecule has 116 valence electrons. The molecule has 1 unspecified atom stereocenters. The minimum Gasteiger partial charge on any atom is -0.459 e. The minimum absolute atomic E-state index is 0.114. The highest BCUT2D eigenvalue weighted by Gasteiger charge is 2.22. The van der Waals surface area contributed by atoms with Crippen molar-refractivity contribution < 1.29 is 18.7 Å². The van der Waals surface area contributed by atoms with Crippen molar-refractivity contribution in [1.82, 2.24) is 4.90 Å². The Hall–Kier alpha value is -1.66. The lowest BCUT2D eigenvalue weighted by molar-refractivity contribution is -0.0579. The molecule has 1 aromatic carbocycles. The Morgan fingerprint density at radius 1 is 1.57 bits per heavy atom. The van der Waals surface area contributed by atoms with E-state index in [1.807, 2.05) is 0 Å². The van der Waals surface area contributed by atoms with Crippen LogP contribution in [0.15, 0.2) is 12.1 Å². The number of esters is 1. The average molecular weight is 296 g/mol. The summed E-state index contributed by atoms with van der Waals surface area (Å²) in [6.45, 7) is 6.87. The summed E-state index contributed by atoms with van der Waals surface area (Å²) in [5.74, 6) is -1.30. The molecule has 21 heavy (non-hydrogen) atoms. The number of likely N-dealkylation sites (N-methyl/N-ethyl adjacent to an activating group) is 1. The molecule has 1 aromatic rings. The number of hydrogen-bond donors (Lipinski definition) is 1. The lowest BCUT2D eigenvalue weighted by Crippen LogP contribution is -2.44. The number of anilines is 1. The van der Waals surface area contributed by atoms with Gasteiger partial charge < -0.3 is 15.2 Å². The van der Waals surface area contributed by atoms with Crippen molar-refractivity contribution in [3.63, 3.8) is 0 Å². The molecule has 2 rings (SSSR count). The minimum atomic E-state index is -0.708. The molecule has 2 N–H and O–H groups in total. The molecule has 5 nitrogen and oxygen atoms in total. The van der Waals surface area contributed by atoms with Gasteiger partial charge in [0.2, 0.25) is 0 Å². The number of nitrogens with zero attached hydrogens (tertiary/aromatic N) is 1. The zero-order valence-electron chi connectivity index (χ0n) is 12.4. The number of halogens is 1. The molecule has 1 aliphatic rings. The van der Waals surface area contributed by atoms with Gasteiger partial charge in [-0.3, -0.25) is 4.90 Å². The molecule has 1 saturated heterocycles. The molecule has 0 aliphatic carbocycles. The molecule has 0 spiro atoms. The van der Waals surface area contributed by atoms with E-state index in [0.717, 1.165) is 13.1 Å². The molecule has 0 amide bonds. The van der Waals surface area contributed by atoms with Crippen LogP contribution in [0.1, 0.15) is 22.8 Å². The second kappa shape index (κ2) is 6.87. The first-order valence-corrected chi connectivity index (χ1v) is 7.08. The van der Waals surface area contributed by atoms with Crippen molar-refractivity contribution >= 4 is 11.7 Å². The van der Waals surface area contributed by atoms with E-state index in [1.54, 1.807) is 6.92 Å². The van der Waals surface area contributed by atoms with Crippen LogP contribution >= 0.6 is 0 Å². The predicted octanol–water partition coefficient (Wildman–Crippen LogP) is 1.59. The number of carbonyl (C=O) groups is 1. The van der Waals surface area contributed by atoms with Crippen LogP contribution in [0.3, 0.4) is 0 Å². The van der Waals surface area contributed by atoms with Crippen molar-refractivity contribution in [3.8, 4) is 0 Å². The fourth-order valence-corrected chi connectivity index (χ4v) is 2.36. The summed E-state index contributed by atoms with van der Waals surface area (Å²) in [4.78, 5) is 14.2. The Balaban J connectivity index is 1.96. The number of rotatable bonds is 4. The van der Waals surface area contributed by atoms with E-state index in [2.05, 4.69) is 11.8 Å². The number of aryl methyl sites for hydroxylation is 1. The van der Waals surface area contributed by atoms with E-state index in [9.17, 15) is 9.18 Å². The van der Waals surface area contributed by atoms with Crippen LogP contribution in [-0.4, -0.2) is 49.8 Å². The molecule has 1 heterocycles. The third kappa shape index (κ3) is 3.92. The molecule has 1 atom stereocenters. The summed E-state index contributed by atoms with van der Waals surface area (Å²) in [5, 5.41) is 0. The molecule has 0 bridgehead atoms. The van der Waals surface area contributed by atoms with Gasteiger partial charge in [-0.1, -0.05) is 6.92 Å². The van der Waals surface area contributed by atoms with Crippen molar-refractivity contribution in [2.45, 2.75) is 20.0 Å². The Labute approximate surface area is 123 Å². The maximum atomic E-state index is 13.9. The van der Waals surface area contributed by atoms with Gasteiger partial charge >= 0.3 is 5.97 Å². The van der Waals surface area contributed by atoms with Gasteiger partial charge in [-0.2, -0.15) is 0 Å². The van der Waals surface area contributed by atoms with E-state index >= 15 is 0 Å². The highest BCUT2D eigenvalue weighted by Crippen LogP contribution is 2.18. The topological polar surface area (TPSA) is 64.8 Å². The molecule has 6 heteroatoms. The second-order valence-electron chi connectivity index (χ2n) is 5.18. The second-order valence-corrected chi connectivity index (χ2v) is 5.18. The fourth-order valence-electron chi connectivity index (χ4n) is 2.36. The van der Waals surface area contributed by atoms with E-state index in [0.29, 0.717) is 24.4 Å². The lowest BCUT2D eigenvalue weighted by Gasteiger charge is -2.31. The van der Waals surface area contributed by atoms with Gasteiger partial charge in [-0.05, 0) is 31.2 Å². The first kappa shape index (κ1) is 15.7. The Morgan fingerprint density at radius 2 is 2.33 bits per heavy atom. The average Bonchev–Trinajstić information content (AvgIpc) is 2.48. The number of hydrogen-bond acceptors (Lipinski definition) is 5. The molecular weight excluding hydrogens is 275 g/mol. The van der Waals surface area contributed by atoms with E-state index < -0.39 is 11.8 Å². The van der Waals surface area contributed by atoms with E-state index in [-0.39, 0.29) is 18.3 Å². The van der Waals surface area contributed by atoms with Crippen LogP contribution < -0.4 is 5.73 Å². The van der Waals surface area contributed by atoms with Gasteiger partial charge in [0.05, 0.1) is 12.2 Å². The molecule has 0 aromatic heterocycles. The monoisotopic (exact) mass is 296 g/mol. The number of nitrogens with two attached hydrogens (primary N) is 1. The van der Waals surface area contributed by atoms with Gasteiger partial charge in [0.25, 0.3) is 0 Å². The number of nitrogen functional groups attached to an aromatic ring is 1. The molecule has 1 fully saturated rings. The van der Waals surface area contributed by atoms with Crippen molar-refractivity contribution in [2.24, 2.45) is 0 Å². The summed E-state index contributed by atoms with van der Waals surface area (Å²) >= 11 is 0. The van der Waals surface area contributed by atoms with Crippen LogP contribution in [-0.2, 0) is 9.47 Å². The van der Waals surface area contributed by atoms with Crippen molar-refractivity contribution in [2.75, 3.05) is 38.6 Å². The molecule has 0 radical (unpaired) electrons. The van der Waals surface area contributed by atoms with Crippen molar-refractivity contribution in [3.05, 3.63) is 29.1 Å². The number of carbonyl (C=O) groups excluding carboxylic acids is 1. The fraction of sp³-hybridized carbons (Fsp3) is 0.533. The smallest absolute Gasteiger partial charge is 0.341 e. The number of morpholine rings is 1. The molecule has 0 saturated carbocycles. The van der Waals surface area contributed by atoms with E-state index in [1.165, 1.54) is 12.1 Å². The summed E-state index contributed by atoms with van der Waals surface area (Å²) < 4.78 is 24.6. The van der Waals surface area contributed by atoms with Gasteiger partial charge in [-0.15, -0.1) is 0 Å². The standard InChI is InChI=1S/C15H21FN2O3/c1-3-18-4-5-20-12(8-18)9-21-15(19)13-7-11(17)6-10(2)14(13)16/h6-7,12H,3-5,8-9,17H2,1-2H3. The largest absolute Gasteiger partial charge is 0.459 e. The van der Waals surface area contributed by atoms with Gasteiger partial charge in [0.15, 0.2) is 0 Å². The van der Waals surface area contributed by atoms with Gasteiger partial charge in [0.1, 0.15) is 18.5 Å². The Kier molecular flexibility index (Phi) is 5.14. The van der Waals surface area contributed by atoms with Crippen LogP contribution in [0.25, 0.3) is 0 Å². The normalized spacial score (nSPS) is 19.5. The number of ether oxygens (including phenoxy) is 2. The first-order valence-electron chi connectivity index (χ1n) is 7.08. The predicted molar refractivity (Wildman–Crippen MR) is 77.7 cm³/mol. The van der Waals surface area contributed by atoms with Gasteiger partial charge in [0, 0.05) is 18.8 Å². The third-order valence-electron chi connectivity index (χ3n) is 3.57. The summed E-state index contributed by atoms with van der Waals surface area (Å²) in [6.07, 6.45) is -0.173. The quantitative estimate of drug-likeness (QED) is 0.675. The lowest BCUT2D eigenvalue weighted by atomic mass is 10.1. The van der Waals surface area contributed by atoms with Crippen LogP contribution in [0.5, 0.6) is 0 Å². The summed E-state index contributed by atoms with van der Waals surface area (Å²) in [6, 6.07) is 2.78. The highest BCUT2D eigenvalue weighted by molar-refractivity contribution is 5.91.